The van der Waals surface area contributed by atoms with Gasteiger partial charge in [-0.3, -0.25) is 4.79 Å². The van der Waals surface area contributed by atoms with Crippen LogP contribution in [0.4, 0.5) is 0 Å². The Hall–Kier alpha value is -0.870. The van der Waals surface area contributed by atoms with E-state index in [4.69, 9.17) is 5.11 Å². The molecular formula is C23H42O4. The number of hydrogen-bond acceptors (Lipinski definition) is 3. The molecule has 1 unspecified atom stereocenters. The standard InChI is InChI=1S/C23H42O4/c1-5-6-16-22(2,3)23(4,27)17-15-18-13-14-20(24)19(18)11-9-7-8-10-12-21(25)26/h15,19-20,24,27H,5-14,16-17H2,1-4H3,(H,25,26)/t19-,20+,23?/m1/s1. The van der Waals surface area contributed by atoms with Crippen LogP contribution in [-0.2, 0) is 4.79 Å². The maximum absolute atomic E-state index is 11.0. The van der Waals surface area contributed by atoms with Crippen molar-refractivity contribution in [3.05, 3.63) is 11.6 Å². The van der Waals surface area contributed by atoms with Gasteiger partial charge in [0.25, 0.3) is 0 Å². The van der Waals surface area contributed by atoms with Crippen molar-refractivity contribution >= 4 is 5.97 Å². The summed E-state index contributed by atoms with van der Waals surface area (Å²) in [4.78, 5) is 10.5. The normalized spacial score (nSPS) is 24.3. The first-order valence-electron chi connectivity index (χ1n) is 10.9. The van der Waals surface area contributed by atoms with Gasteiger partial charge in [0.2, 0.25) is 0 Å². The zero-order valence-corrected chi connectivity index (χ0v) is 18.0. The Bertz CT molecular complexity index is 479. The van der Waals surface area contributed by atoms with Crippen molar-refractivity contribution in [2.45, 2.75) is 116 Å². The number of aliphatic hydroxyl groups excluding tert-OH is 1. The first-order valence-corrected chi connectivity index (χ1v) is 10.9. The second-order valence-electron chi connectivity index (χ2n) is 9.30. The number of aliphatic carboxylic acids is 1. The molecule has 0 saturated heterocycles. The number of carbonyl (C=O) groups is 1. The lowest BCUT2D eigenvalue weighted by Crippen LogP contribution is -2.41. The zero-order valence-electron chi connectivity index (χ0n) is 18.0. The van der Waals surface area contributed by atoms with Gasteiger partial charge in [-0.05, 0) is 50.9 Å². The molecule has 1 aliphatic rings. The lowest BCUT2D eigenvalue weighted by Gasteiger charge is -2.40. The number of hydrogen-bond donors (Lipinski definition) is 3. The lowest BCUT2D eigenvalue weighted by atomic mass is 9.70. The Morgan fingerprint density at radius 2 is 1.81 bits per heavy atom. The van der Waals surface area contributed by atoms with Crippen LogP contribution in [0, 0.1) is 11.3 Å². The molecule has 0 bridgehead atoms. The molecule has 1 saturated carbocycles. The summed E-state index contributed by atoms with van der Waals surface area (Å²) in [7, 11) is 0. The molecule has 4 heteroatoms. The largest absolute Gasteiger partial charge is 0.481 e. The molecule has 0 heterocycles. The summed E-state index contributed by atoms with van der Waals surface area (Å²) in [6.45, 7) is 8.43. The third kappa shape index (κ3) is 7.95. The summed E-state index contributed by atoms with van der Waals surface area (Å²) in [6, 6.07) is 0. The SMILES string of the molecule is CCCCC(C)(C)C(C)(O)CC=C1CC[C@H](O)[C@@H]1CCCCCCC(=O)O. The molecule has 0 amide bonds. The fourth-order valence-corrected chi connectivity index (χ4v) is 4.07. The van der Waals surface area contributed by atoms with Gasteiger partial charge < -0.3 is 15.3 Å². The van der Waals surface area contributed by atoms with E-state index < -0.39 is 11.6 Å². The van der Waals surface area contributed by atoms with Crippen molar-refractivity contribution in [2.24, 2.45) is 11.3 Å². The van der Waals surface area contributed by atoms with Crippen molar-refractivity contribution in [3.8, 4) is 0 Å². The van der Waals surface area contributed by atoms with E-state index in [1.165, 1.54) is 5.57 Å². The van der Waals surface area contributed by atoms with E-state index >= 15 is 0 Å². The summed E-state index contributed by atoms with van der Waals surface area (Å²) in [5, 5.41) is 30.1. The number of carboxylic acid groups (broad SMARTS) is 1. The molecule has 0 spiro atoms. The second-order valence-corrected chi connectivity index (χ2v) is 9.30. The van der Waals surface area contributed by atoms with Gasteiger partial charge in [0.1, 0.15) is 0 Å². The van der Waals surface area contributed by atoms with Crippen LogP contribution < -0.4 is 0 Å². The fourth-order valence-electron chi connectivity index (χ4n) is 4.07. The molecule has 0 aromatic rings. The Morgan fingerprint density at radius 1 is 1.15 bits per heavy atom. The van der Waals surface area contributed by atoms with Crippen molar-refractivity contribution < 1.29 is 20.1 Å². The molecule has 1 fully saturated rings. The predicted molar refractivity (Wildman–Crippen MR) is 111 cm³/mol. The highest BCUT2D eigenvalue weighted by Gasteiger charge is 2.38. The van der Waals surface area contributed by atoms with Crippen LogP contribution in [0.3, 0.4) is 0 Å². The second kappa shape index (κ2) is 11.2. The third-order valence-electron chi connectivity index (χ3n) is 6.70. The fraction of sp³-hybridized carbons (Fsp3) is 0.870. The van der Waals surface area contributed by atoms with Crippen LogP contribution in [0.2, 0.25) is 0 Å². The van der Waals surface area contributed by atoms with Gasteiger partial charge in [0.15, 0.2) is 0 Å². The average Bonchev–Trinajstić information content (AvgIpc) is 2.94. The summed E-state index contributed by atoms with van der Waals surface area (Å²) in [6.07, 6.45) is 12.5. The number of unbranched alkanes of at least 4 members (excludes halogenated alkanes) is 4. The minimum Gasteiger partial charge on any atom is -0.481 e. The lowest BCUT2D eigenvalue weighted by molar-refractivity contribution is -0.137. The van der Waals surface area contributed by atoms with Crippen LogP contribution in [-0.4, -0.2) is 33.0 Å². The summed E-state index contributed by atoms with van der Waals surface area (Å²) >= 11 is 0. The first kappa shape index (κ1) is 24.2. The zero-order chi connectivity index (χ0) is 20.5. The quantitative estimate of drug-likeness (QED) is 0.292. The topological polar surface area (TPSA) is 77.8 Å². The van der Waals surface area contributed by atoms with Gasteiger partial charge in [-0.1, -0.05) is 64.5 Å². The highest BCUT2D eigenvalue weighted by Crippen LogP contribution is 2.41. The molecule has 0 radical (unpaired) electrons. The molecule has 4 nitrogen and oxygen atoms in total. The molecule has 1 rings (SSSR count). The van der Waals surface area contributed by atoms with E-state index in [0.29, 0.717) is 6.42 Å². The van der Waals surface area contributed by atoms with Crippen LogP contribution in [0.5, 0.6) is 0 Å². The van der Waals surface area contributed by atoms with Crippen LogP contribution >= 0.6 is 0 Å². The van der Waals surface area contributed by atoms with Gasteiger partial charge in [0.05, 0.1) is 11.7 Å². The summed E-state index contributed by atoms with van der Waals surface area (Å²) in [5.41, 5.74) is 0.431. The van der Waals surface area contributed by atoms with Crippen LogP contribution in [0.15, 0.2) is 11.6 Å². The van der Waals surface area contributed by atoms with Gasteiger partial charge in [-0.25, -0.2) is 0 Å². The Labute approximate surface area is 166 Å². The summed E-state index contributed by atoms with van der Waals surface area (Å²) in [5.74, 6) is -0.514. The number of carboxylic acids is 1. The van der Waals surface area contributed by atoms with Crippen molar-refractivity contribution in [2.75, 3.05) is 0 Å². The molecule has 0 aromatic carbocycles. The number of rotatable bonds is 13. The maximum atomic E-state index is 11.0. The highest BCUT2D eigenvalue weighted by molar-refractivity contribution is 5.66. The van der Waals surface area contributed by atoms with E-state index in [9.17, 15) is 15.0 Å². The monoisotopic (exact) mass is 382 g/mol. The van der Waals surface area contributed by atoms with Crippen LogP contribution in [0.25, 0.3) is 0 Å². The summed E-state index contributed by atoms with van der Waals surface area (Å²) < 4.78 is 0. The van der Waals surface area contributed by atoms with Crippen molar-refractivity contribution in [3.63, 3.8) is 0 Å². The van der Waals surface area contributed by atoms with E-state index in [1.54, 1.807) is 0 Å². The smallest absolute Gasteiger partial charge is 0.303 e. The molecular weight excluding hydrogens is 340 g/mol. The number of aliphatic hydroxyl groups is 2. The highest BCUT2D eigenvalue weighted by atomic mass is 16.4. The molecule has 3 atom stereocenters. The van der Waals surface area contributed by atoms with Gasteiger partial charge in [0, 0.05) is 12.3 Å². The molecule has 158 valence electrons. The average molecular weight is 383 g/mol. The van der Waals surface area contributed by atoms with Gasteiger partial charge in [-0.15, -0.1) is 0 Å². The molecule has 0 aliphatic heterocycles. The first-order chi connectivity index (χ1) is 12.6. The molecule has 3 N–H and O–H groups in total. The van der Waals surface area contributed by atoms with E-state index in [0.717, 1.165) is 64.2 Å². The van der Waals surface area contributed by atoms with Crippen LogP contribution in [0.1, 0.15) is 105 Å². The van der Waals surface area contributed by atoms with Crippen molar-refractivity contribution in [1.29, 1.82) is 0 Å². The van der Waals surface area contributed by atoms with Crippen molar-refractivity contribution in [1.82, 2.24) is 0 Å². The van der Waals surface area contributed by atoms with Gasteiger partial charge in [-0.2, -0.15) is 0 Å². The minimum absolute atomic E-state index is 0.128. The molecule has 27 heavy (non-hydrogen) atoms. The van der Waals surface area contributed by atoms with Gasteiger partial charge >= 0.3 is 5.97 Å². The molecule has 1 aliphatic carbocycles. The Kier molecular flexibility index (Phi) is 10.0. The van der Waals surface area contributed by atoms with E-state index in [2.05, 4.69) is 26.8 Å². The Balaban J connectivity index is 2.54. The Morgan fingerprint density at radius 3 is 2.44 bits per heavy atom. The maximum Gasteiger partial charge on any atom is 0.303 e. The third-order valence-corrected chi connectivity index (χ3v) is 6.70. The predicted octanol–water partition coefficient (Wildman–Crippen LogP) is 5.47. The van der Waals surface area contributed by atoms with E-state index in [-0.39, 0.29) is 23.9 Å². The van der Waals surface area contributed by atoms with E-state index in [1.807, 2.05) is 6.92 Å². The minimum atomic E-state index is -0.746. The molecule has 0 aromatic heterocycles.